The fraction of sp³-hybridized carbons (Fsp3) is 0.371. The minimum absolute atomic E-state index is 0.189. The number of phenolic OH excluding ortho intramolecular Hbond substituents is 1. The molecule has 0 aliphatic carbocycles. The summed E-state index contributed by atoms with van der Waals surface area (Å²) in [6.45, 7) is 9.74. The SMILES string of the molecule is COC(=O)CC/C(=C(\c1ccc(O)cc1)c1ccc(OCCN2CCN(C(=O)OC(C)(C)C)CC2)cc1)c1ccccc1. The van der Waals surface area contributed by atoms with Crippen molar-refractivity contribution >= 4 is 23.2 Å². The number of allylic oxidation sites excluding steroid dienone is 1. The summed E-state index contributed by atoms with van der Waals surface area (Å²) in [4.78, 5) is 28.5. The molecule has 1 aliphatic rings. The molecule has 1 N–H and O–H groups in total. The largest absolute Gasteiger partial charge is 0.508 e. The number of hydrogen-bond donors (Lipinski definition) is 1. The van der Waals surface area contributed by atoms with Crippen LogP contribution in [0, 0.1) is 0 Å². The fourth-order valence-electron chi connectivity index (χ4n) is 5.02. The van der Waals surface area contributed by atoms with Gasteiger partial charge in [-0.15, -0.1) is 0 Å². The normalized spacial score (nSPS) is 14.6. The maximum atomic E-state index is 12.3. The number of carbonyl (C=O) groups excluding carboxylic acids is 2. The van der Waals surface area contributed by atoms with Crippen molar-refractivity contribution in [1.82, 2.24) is 9.80 Å². The van der Waals surface area contributed by atoms with Gasteiger partial charge in [0.2, 0.25) is 0 Å². The summed E-state index contributed by atoms with van der Waals surface area (Å²) in [6, 6.07) is 25.1. The molecule has 0 aromatic heterocycles. The molecule has 0 unspecified atom stereocenters. The van der Waals surface area contributed by atoms with Crippen LogP contribution >= 0.6 is 0 Å². The summed E-state index contributed by atoms with van der Waals surface area (Å²) < 4.78 is 16.5. The van der Waals surface area contributed by atoms with Crippen LogP contribution in [0.5, 0.6) is 11.5 Å². The van der Waals surface area contributed by atoms with Crippen molar-refractivity contribution in [3.05, 3.63) is 95.6 Å². The highest BCUT2D eigenvalue weighted by atomic mass is 16.6. The molecule has 1 heterocycles. The molecule has 0 spiro atoms. The zero-order valence-electron chi connectivity index (χ0n) is 25.5. The van der Waals surface area contributed by atoms with Gasteiger partial charge in [-0.25, -0.2) is 4.79 Å². The quantitative estimate of drug-likeness (QED) is 0.222. The molecule has 1 amide bonds. The van der Waals surface area contributed by atoms with E-state index in [-0.39, 0.29) is 24.2 Å². The molecule has 1 fully saturated rings. The van der Waals surface area contributed by atoms with Crippen LogP contribution in [0.15, 0.2) is 78.9 Å². The predicted molar refractivity (Wildman–Crippen MR) is 168 cm³/mol. The van der Waals surface area contributed by atoms with Gasteiger partial charge < -0.3 is 24.2 Å². The zero-order valence-corrected chi connectivity index (χ0v) is 25.5. The third-order valence-electron chi connectivity index (χ3n) is 7.23. The molecule has 8 nitrogen and oxygen atoms in total. The molecule has 0 bridgehead atoms. The predicted octanol–water partition coefficient (Wildman–Crippen LogP) is 6.24. The van der Waals surface area contributed by atoms with E-state index in [0.29, 0.717) is 26.1 Å². The molecule has 0 radical (unpaired) electrons. The van der Waals surface area contributed by atoms with Crippen LogP contribution in [0.4, 0.5) is 4.79 Å². The van der Waals surface area contributed by atoms with E-state index in [1.165, 1.54) is 7.11 Å². The minimum Gasteiger partial charge on any atom is -0.508 e. The molecule has 0 saturated carbocycles. The van der Waals surface area contributed by atoms with Crippen molar-refractivity contribution in [3.8, 4) is 11.5 Å². The molecule has 1 saturated heterocycles. The lowest BCUT2D eigenvalue weighted by atomic mass is 9.87. The number of piperazine rings is 1. The number of rotatable bonds is 10. The lowest BCUT2D eigenvalue weighted by Gasteiger charge is -2.35. The number of esters is 1. The number of benzene rings is 3. The van der Waals surface area contributed by atoms with Crippen molar-refractivity contribution < 1.29 is 28.9 Å². The van der Waals surface area contributed by atoms with E-state index in [9.17, 15) is 14.7 Å². The number of nitrogens with zero attached hydrogens (tertiary/aromatic N) is 2. The number of ether oxygens (including phenoxy) is 3. The van der Waals surface area contributed by atoms with Gasteiger partial charge in [0.15, 0.2) is 0 Å². The van der Waals surface area contributed by atoms with E-state index >= 15 is 0 Å². The lowest BCUT2D eigenvalue weighted by Crippen LogP contribution is -2.50. The van der Waals surface area contributed by atoms with Crippen molar-refractivity contribution in [1.29, 1.82) is 0 Å². The molecule has 8 heteroatoms. The highest BCUT2D eigenvalue weighted by Crippen LogP contribution is 2.36. The van der Waals surface area contributed by atoms with Crippen LogP contribution in [0.3, 0.4) is 0 Å². The van der Waals surface area contributed by atoms with Gasteiger partial charge in [0.05, 0.1) is 7.11 Å². The number of methoxy groups -OCH3 is 1. The second kappa shape index (κ2) is 14.7. The maximum Gasteiger partial charge on any atom is 0.410 e. The van der Waals surface area contributed by atoms with Gasteiger partial charge in [-0.2, -0.15) is 0 Å². The molecule has 228 valence electrons. The van der Waals surface area contributed by atoms with E-state index in [1.54, 1.807) is 17.0 Å². The number of hydrogen-bond acceptors (Lipinski definition) is 7. The second-order valence-corrected chi connectivity index (χ2v) is 11.5. The van der Waals surface area contributed by atoms with E-state index < -0.39 is 5.60 Å². The van der Waals surface area contributed by atoms with Gasteiger partial charge >= 0.3 is 12.1 Å². The van der Waals surface area contributed by atoms with Gasteiger partial charge in [0.25, 0.3) is 0 Å². The Balaban J connectivity index is 1.46. The third-order valence-corrected chi connectivity index (χ3v) is 7.23. The van der Waals surface area contributed by atoms with E-state index in [4.69, 9.17) is 14.2 Å². The van der Waals surface area contributed by atoms with Crippen molar-refractivity contribution in [2.24, 2.45) is 0 Å². The van der Waals surface area contributed by atoms with Gasteiger partial charge in [-0.1, -0.05) is 54.6 Å². The Kier molecular flexibility index (Phi) is 10.8. The van der Waals surface area contributed by atoms with Gasteiger partial charge in [0, 0.05) is 39.1 Å². The van der Waals surface area contributed by atoms with Crippen LogP contribution in [-0.2, 0) is 14.3 Å². The zero-order chi connectivity index (χ0) is 30.8. The molecule has 4 rings (SSSR count). The van der Waals surface area contributed by atoms with Crippen molar-refractivity contribution in [2.75, 3.05) is 46.4 Å². The smallest absolute Gasteiger partial charge is 0.410 e. The summed E-state index contributed by atoms with van der Waals surface area (Å²) in [6.07, 6.45) is 0.479. The number of phenols is 1. The average Bonchev–Trinajstić information content (AvgIpc) is 3.00. The first-order valence-corrected chi connectivity index (χ1v) is 14.7. The third kappa shape index (κ3) is 9.35. The molecule has 1 aliphatic heterocycles. The Labute approximate surface area is 254 Å². The Bertz CT molecular complexity index is 1370. The Hall–Kier alpha value is -4.30. The first kappa shape index (κ1) is 31.6. The number of aromatic hydroxyl groups is 1. The molecule has 43 heavy (non-hydrogen) atoms. The van der Waals surface area contributed by atoms with E-state index in [0.717, 1.165) is 53.2 Å². The van der Waals surface area contributed by atoms with E-state index in [2.05, 4.69) is 4.90 Å². The van der Waals surface area contributed by atoms with Crippen LogP contribution in [0.1, 0.15) is 50.3 Å². The highest BCUT2D eigenvalue weighted by Gasteiger charge is 2.25. The summed E-state index contributed by atoms with van der Waals surface area (Å²) in [5, 5.41) is 9.94. The van der Waals surface area contributed by atoms with Crippen molar-refractivity contribution in [3.63, 3.8) is 0 Å². The summed E-state index contributed by atoms with van der Waals surface area (Å²) in [5.74, 6) is 0.680. The first-order chi connectivity index (χ1) is 20.6. The van der Waals surface area contributed by atoms with Crippen LogP contribution in [-0.4, -0.2) is 79.0 Å². The van der Waals surface area contributed by atoms with Gasteiger partial charge in [0.1, 0.15) is 23.7 Å². The fourth-order valence-corrected chi connectivity index (χ4v) is 5.02. The first-order valence-electron chi connectivity index (χ1n) is 14.7. The maximum absolute atomic E-state index is 12.3. The molecule has 3 aromatic rings. The molecule has 3 aromatic carbocycles. The monoisotopic (exact) mass is 586 g/mol. The number of carbonyl (C=O) groups is 2. The lowest BCUT2D eigenvalue weighted by molar-refractivity contribution is -0.140. The second-order valence-electron chi connectivity index (χ2n) is 11.5. The molecular weight excluding hydrogens is 544 g/mol. The van der Waals surface area contributed by atoms with Crippen LogP contribution in [0.2, 0.25) is 0 Å². The van der Waals surface area contributed by atoms with Crippen LogP contribution < -0.4 is 4.74 Å². The standard InChI is InChI=1S/C35H42N2O6/c1-35(2,3)43-34(40)37-22-20-36(21-23-37)24-25-42-30-16-12-28(13-17-30)33(27-10-14-29(38)15-11-27)31(18-19-32(39)41-4)26-8-6-5-7-9-26/h5-17,38H,18-25H2,1-4H3/b33-31-. The van der Waals surface area contributed by atoms with Gasteiger partial charge in [-0.05, 0) is 79.3 Å². The van der Waals surface area contributed by atoms with Crippen molar-refractivity contribution in [2.45, 2.75) is 39.2 Å². The topological polar surface area (TPSA) is 88.5 Å². The Morgan fingerprint density at radius 1 is 0.791 bits per heavy atom. The van der Waals surface area contributed by atoms with Gasteiger partial charge in [-0.3, -0.25) is 9.69 Å². The van der Waals surface area contributed by atoms with E-state index in [1.807, 2.05) is 87.5 Å². The molecular formula is C35H42N2O6. The van der Waals surface area contributed by atoms with Crippen LogP contribution in [0.25, 0.3) is 11.1 Å². The average molecular weight is 587 g/mol. The minimum atomic E-state index is -0.496. The summed E-state index contributed by atoms with van der Waals surface area (Å²) in [5.41, 5.74) is 4.41. The summed E-state index contributed by atoms with van der Waals surface area (Å²) in [7, 11) is 1.40. The summed E-state index contributed by atoms with van der Waals surface area (Å²) >= 11 is 0. The Morgan fingerprint density at radius 3 is 1.98 bits per heavy atom. The molecule has 0 atom stereocenters. The highest BCUT2D eigenvalue weighted by molar-refractivity contribution is 5.99. The number of amides is 1. The Morgan fingerprint density at radius 2 is 1.40 bits per heavy atom.